The summed E-state index contributed by atoms with van der Waals surface area (Å²) in [6.45, 7) is 0.370. The SMILES string of the molecule is COC(=O)c1cc2cc(OCc3cccc(C#N)c3)ccc2[nH]1. The van der Waals surface area contributed by atoms with Gasteiger partial charge >= 0.3 is 5.97 Å². The molecule has 0 bridgehead atoms. The number of carbonyl (C=O) groups is 1. The number of fused-ring (bicyclic) bond motifs is 1. The number of rotatable bonds is 4. The highest BCUT2D eigenvalue weighted by atomic mass is 16.5. The molecule has 0 unspecified atom stereocenters. The van der Waals surface area contributed by atoms with Crippen molar-refractivity contribution in [3.63, 3.8) is 0 Å². The molecule has 0 aliphatic rings. The summed E-state index contributed by atoms with van der Waals surface area (Å²) < 4.78 is 10.5. The van der Waals surface area contributed by atoms with E-state index in [1.54, 1.807) is 18.2 Å². The minimum absolute atomic E-state index is 0.370. The number of carbonyl (C=O) groups excluding carboxylic acids is 1. The van der Waals surface area contributed by atoms with Crippen molar-refractivity contribution in [2.24, 2.45) is 0 Å². The van der Waals surface area contributed by atoms with E-state index in [1.807, 2.05) is 30.3 Å². The maximum atomic E-state index is 11.5. The van der Waals surface area contributed by atoms with Gasteiger partial charge in [-0.1, -0.05) is 12.1 Å². The highest BCUT2D eigenvalue weighted by Crippen LogP contribution is 2.23. The average molecular weight is 306 g/mol. The second kappa shape index (κ2) is 6.24. The van der Waals surface area contributed by atoms with Crippen LogP contribution < -0.4 is 4.74 Å². The summed E-state index contributed by atoms with van der Waals surface area (Å²) in [5, 5.41) is 9.77. The molecule has 23 heavy (non-hydrogen) atoms. The number of esters is 1. The number of hydrogen-bond donors (Lipinski definition) is 1. The van der Waals surface area contributed by atoms with Gasteiger partial charge in [-0.2, -0.15) is 5.26 Å². The van der Waals surface area contributed by atoms with Gasteiger partial charge in [0, 0.05) is 10.9 Å². The molecule has 0 saturated heterocycles. The molecule has 0 aliphatic heterocycles. The number of aromatic nitrogens is 1. The number of hydrogen-bond acceptors (Lipinski definition) is 4. The van der Waals surface area contributed by atoms with E-state index in [0.29, 0.717) is 23.6 Å². The molecule has 1 aromatic heterocycles. The number of ether oxygens (including phenoxy) is 2. The lowest BCUT2D eigenvalue weighted by Crippen LogP contribution is -2.00. The van der Waals surface area contributed by atoms with E-state index in [-0.39, 0.29) is 0 Å². The molecule has 1 heterocycles. The maximum absolute atomic E-state index is 11.5. The molecule has 0 fully saturated rings. The molecule has 3 aromatic rings. The van der Waals surface area contributed by atoms with E-state index >= 15 is 0 Å². The van der Waals surface area contributed by atoms with Gasteiger partial charge in [-0.25, -0.2) is 4.79 Å². The number of nitriles is 1. The largest absolute Gasteiger partial charge is 0.489 e. The van der Waals surface area contributed by atoms with Crippen molar-refractivity contribution in [2.45, 2.75) is 6.61 Å². The fourth-order valence-corrected chi connectivity index (χ4v) is 2.32. The number of nitrogens with zero attached hydrogens (tertiary/aromatic N) is 1. The molecule has 3 rings (SSSR count). The van der Waals surface area contributed by atoms with E-state index in [0.717, 1.165) is 16.5 Å². The predicted molar refractivity (Wildman–Crippen MR) is 85.1 cm³/mol. The summed E-state index contributed by atoms with van der Waals surface area (Å²) in [5.41, 5.74) is 2.77. The van der Waals surface area contributed by atoms with Crippen LogP contribution in [-0.2, 0) is 11.3 Å². The Hall–Kier alpha value is -3.26. The summed E-state index contributed by atoms with van der Waals surface area (Å²) in [6, 6.07) is 16.6. The van der Waals surface area contributed by atoms with Crippen LogP contribution in [0.15, 0.2) is 48.5 Å². The van der Waals surface area contributed by atoms with E-state index in [2.05, 4.69) is 11.1 Å². The normalized spacial score (nSPS) is 10.3. The van der Waals surface area contributed by atoms with Crippen molar-refractivity contribution < 1.29 is 14.3 Å². The molecular weight excluding hydrogens is 292 g/mol. The number of aromatic amines is 1. The van der Waals surface area contributed by atoms with E-state index < -0.39 is 5.97 Å². The number of H-pyrrole nitrogens is 1. The van der Waals surface area contributed by atoms with Gasteiger partial charge < -0.3 is 14.5 Å². The Morgan fingerprint density at radius 3 is 2.87 bits per heavy atom. The van der Waals surface area contributed by atoms with Crippen LogP contribution in [0, 0.1) is 11.3 Å². The van der Waals surface area contributed by atoms with Crippen LogP contribution in [0.4, 0.5) is 0 Å². The Labute approximate surface area is 133 Å². The van der Waals surface area contributed by atoms with Crippen molar-refractivity contribution in [3.05, 3.63) is 65.4 Å². The Morgan fingerprint density at radius 2 is 2.09 bits per heavy atom. The van der Waals surface area contributed by atoms with Gasteiger partial charge in [-0.05, 0) is 42.0 Å². The first-order chi connectivity index (χ1) is 11.2. The van der Waals surface area contributed by atoms with Crippen molar-refractivity contribution >= 4 is 16.9 Å². The summed E-state index contributed by atoms with van der Waals surface area (Å²) >= 11 is 0. The van der Waals surface area contributed by atoms with Gasteiger partial charge in [0.1, 0.15) is 18.1 Å². The first-order valence-corrected chi connectivity index (χ1v) is 7.02. The molecule has 0 spiro atoms. The lowest BCUT2D eigenvalue weighted by molar-refractivity contribution is 0.0595. The van der Waals surface area contributed by atoms with Gasteiger partial charge in [0.05, 0.1) is 18.7 Å². The third kappa shape index (κ3) is 3.16. The third-order valence-electron chi connectivity index (χ3n) is 3.46. The van der Waals surface area contributed by atoms with Gasteiger partial charge in [0.2, 0.25) is 0 Å². The molecular formula is C18H14N2O3. The standard InChI is InChI=1S/C18H14N2O3/c1-22-18(21)17-9-14-8-15(5-6-16(14)20-17)23-11-13-4-2-3-12(7-13)10-19/h2-9,20H,11H2,1H3. The Balaban J connectivity index is 1.78. The maximum Gasteiger partial charge on any atom is 0.354 e. The molecule has 1 N–H and O–H groups in total. The Kier molecular flexibility index (Phi) is 3.98. The monoisotopic (exact) mass is 306 g/mol. The van der Waals surface area contributed by atoms with Crippen LogP contribution >= 0.6 is 0 Å². The topological polar surface area (TPSA) is 75.1 Å². The second-order valence-electron chi connectivity index (χ2n) is 5.02. The van der Waals surface area contributed by atoms with Gasteiger partial charge in [0.15, 0.2) is 0 Å². The molecule has 5 heteroatoms. The molecule has 0 saturated carbocycles. The van der Waals surface area contributed by atoms with Crippen LogP contribution in [0.2, 0.25) is 0 Å². The molecule has 114 valence electrons. The highest BCUT2D eigenvalue weighted by molar-refractivity contribution is 5.95. The fraction of sp³-hybridized carbons (Fsp3) is 0.111. The highest BCUT2D eigenvalue weighted by Gasteiger charge is 2.09. The number of nitrogens with one attached hydrogen (secondary N) is 1. The number of methoxy groups -OCH3 is 1. The van der Waals surface area contributed by atoms with Crippen molar-refractivity contribution in [1.29, 1.82) is 5.26 Å². The quantitative estimate of drug-likeness (QED) is 0.750. The minimum Gasteiger partial charge on any atom is -0.489 e. The van der Waals surface area contributed by atoms with Gasteiger partial charge in [-0.15, -0.1) is 0 Å². The first-order valence-electron chi connectivity index (χ1n) is 7.02. The molecule has 0 radical (unpaired) electrons. The molecule has 2 aromatic carbocycles. The predicted octanol–water partition coefficient (Wildman–Crippen LogP) is 3.41. The van der Waals surface area contributed by atoms with Crippen LogP contribution in [0.1, 0.15) is 21.6 Å². The Bertz CT molecular complexity index is 906. The minimum atomic E-state index is -0.406. The van der Waals surface area contributed by atoms with Crippen LogP contribution in [-0.4, -0.2) is 18.1 Å². The smallest absolute Gasteiger partial charge is 0.354 e. The van der Waals surface area contributed by atoms with Crippen molar-refractivity contribution in [3.8, 4) is 11.8 Å². The van der Waals surface area contributed by atoms with Gasteiger partial charge in [0.25, 0.3) is 0 Å². The molecule has 5 nitrogen and oxygen atoms in total. The lowest BCUT2D eigenvalue weighted by Gasteiger charge is -2.06. The fourth-order valence-electron chi connectivity index (χ4n) is 2.32. The summed E-state index contributed by atoms with van der Waals surface area (Å²) in [6.07, 6.45) is 0. The van der Waals surface area contributed by atoms with Crippen molar-refractivity contribution in [1.82, 2.24) is 4.98 Å². The third-order valence-corrected chi connectivity index (χ3v) is 3.46. The van der Waals surface area contributed by atoms with Crippen LogP contribution in [0.3, 0.4) is 0 Å². The zero-order valence-corrected chi connectivity index (χ0v) is 12.5. The Morgan fingerprint density at radius 1 is 1.22 bits per heavy atom. The lowest BCUT2D eigenvalue weighted by atomic mass is 10.1. The summed E-state index contributed by atoms with van der Waals surface area (Å²) in [5.74, 6) is 0.285. The van der Waals surface area contributed by atoms with E-state index in [4.69, 9.17) is 14.7 Å². The van der Waals surface area contributed by atoms with E-state index in [1.165, 1.54) is 7.11 Å². The van der Waals surface area contributed by atoms with Gasteiger partial charge in [-0.3, -0.25) is 0 Å². The molecule has 0 amide bonds. The first kappa shape index (κ1) is 14.7. The van der Waals surface area contributed by atoms with Crippen molar-refractivity contribution in [2.75, 3.05) is 7.11 Å². The average Bonchev–Trinajstić information content (AvgIpc) is 3.02. The molecule has 0 atom stereocenters. The zero-order valence-electron chi connectivity index (χ0n) is 12.5. The second-order valence-corrected chi connectivity index (χ2v) is 5.02. The molecule has 0 aliphatic carbocycles. The summed E-state index contributed by atoms with van der Waals surface area (Å²) in [4.78, 5) is 14.5. The van der Waals surface area contributed by atoms with E-state index in [9.17, 15) is 4.79 Å². The number of benzene rings is 2. The van der Waals surface area contributed by atoms with Crippen LogP contribution in [0.25, 0.3) is 10.9 Å². The summed E-state index contributed by atoms with van der Waals surface area (Å²) in [7, 11) is 1.34. The van der Waals surface area contributed by atoms with Crippen LogP contribution in [0.5, 0.6) is 5.75 Å². The zero-order chi connectivity index (χ0) is 16.2.